The Bertz CT molecular complexity index is 2180. The number of carbonyl (C=O) groups excluding carboxylic acids is 4. The molecule has 0 spiro atoms. The fourth-order valence-corrected chi connectivity index (χ4v) is 6.92. The molecular formula is C41H46F4N8O7. The Hall–Kier alpha value is -6.21. The van der Waals surface area contributed by atoms with E-state index in [9.17, 15) is 41.5 Å². The third kappa shape index (κ3) is 10.7. The number of aliphatic hydroxyl groups excluding tert-OH is 1. The van der Waals surface area contributed by atoms with Crippen LogP contribution in [0.5, 0.6) is 0 Å². The molecule has 1 aromatic heterocycles. The van der Waals surface area contributed by atoms with Crippen molar-refractivity contribution in [1.29, 1.82) is 0 Å². The number of H-pyrrole nitrogens is 1. The van der Waals surface area contributed by atoms with E-state index in [1.807, 2.05) is 31.2 Å². The molecule has 60 heavy (non-hydrogen) atoms. The van der Waals surface area contributed by atoms with Gasteiger partial charge in [-0.2, -0.15) is 22.7 Å². The first-order valence-corrected chi connectivity index (χ1v) is 19.2. The summed E-state index contributed by atoms with van der Waals surface area (Å²) in [5, 5.41) is 30.5. The van der Waals surface area contributed by atoms with Gasteiger partial charge in [-0.25, -0.2) is 9.78 Å². The van der Waals surface area contributed by atoms with Crippen LogP contribution in [0.1, 0.15) is 65.8 Å². The van der Waals surface area contributed by atoms with Gasteiger partial charge in [-0.05, 0) is 110 Å². The summed E-state index contributed by atoms with van der Waals surface area (Å²) in [6, 6.07) is 17.1. The van der Waals surface area contributed by atoms with Gasteiger partial charge in [0.1, 0.15) is 6.04 Å². The van der Waals surface area contributed by atoms with Crippen LogP contribution in [0.2, 0.25) is 0 Å². The SMILES string of the molecule is Cc1cc(C(N)=O)ccc1-c1ccc(C[C@H](NC(=O)C2CCC(CN)CC2)C(=O)Nc2ccc(-c3n[nH]c(C(F)(F)C(F)(F)C(=O)O)n3)cc2)cc1.O=C1CCC(CO)N1. The van der Waals surface area contributed by atoms with Crippen molar-refractivity contribution in [3.05, 3.63) is 89.2 Å². The quantitative estimate of drug-likeness (QED) is 0.0846. The number of nitrogens with one attached hydrogen (secondary N) is 4. The number of aliphatic carboxylic acids is 1. The van der Waals surface area contributed by atoms with Gasteiger partial charge >= 0.3 is 17.8 Å². The third-order valence-corrected chi connectivity index (χ3v) is 10.6. The number of carboxylic acids is 1. The molecule has 0 radical (unpaired) electrons. The molecule has 19 heteroatoms. The lowest BCUT2D eigenvalue weighted by atomic mass is 9.81. The summed E-state index contributed by atoms with van der Waals surface area (Å²) in [4.78, 5) is 63.1. The van der Waals surface area contributed by atoms with Gasteiger partial charge in [0.05, 0.1) is 12.6 Å². The van der Waals surface area contributed by atoms with Crippen molar-refractivity contribution in [1.82, 2.24) is 25.8 Å². The van der Waals surface area contributed by atoms with E-state index in [4.69, 9.17) is 21.7 Å². The van der Waals surface area contributed by atoms with Crippen molar-refractivity contribution >= 4 is 35.3 Å². The highest BCUT2D eigenvalue weighted by molar-refractivity contribution is 5.98. The monoisotopic (exact) mass is 838 g/mol. The molecule has 2 heterocycles. The number of primary amides is 1. The molecule has 2 fully saturated rings. The zero-order valence-electron chi connectivity index (χ0n) is 32.5. The van der Waals surface area contributed by atoms with Crippen LogP contribution in [0.3, 0.4) is 0 Å². The van der Waals surface area contributed by atoms with Crippen LogP contribution in [0.4, 0.5) is 23.2 Å². The predicted molar refractivity (Wildman–Crippen MR) is 210 cm³/mol. The number of hydrogen-bond acceptors (Lipinski definition) is 9. The summed E-state index contributed by atoms with van der Waals surface area (Å²) in [7, 11) is 0. The molecule has 2 aliphatic rings. The van der Waals surface area contributed by atoms with Gasteiger partial charge in [-0.3, -0.25) is 24.3 Å². The summed E-state index contributed by atoms with van der Waals surface area (Å²) >= 11 is 0. The van der Waals surface area contributed by atoms with Crippen molar-refractivity contribution in [3.8, 4) is 22.5 Å². The van der Waals surface area contributed by atoms with Gasteiger partial charge in [-0.1, -0.05) is 30.3 Å². The zero-order chi connectivity index (χ0) is 43.8. The smallest absolute Gasteiger partial charge is 0.411 e. The number of aromatic amines is 1. The Kier molecular flexibility index (Phi) is 14.4. The maximum atomic E-state index is 14.2. The Morgan fingerprint density at radius 3 is 2.12 bits per heavy atom. The highest BCUT2D eigenvalue weighted by Crippen LogP contribution is 2.42. The molecule has 1 aliphatic heterocycles. The summed E-state index contributed by atoms with van der Waals surface area (Å²) in [5.41, 5.74) is 15.3. The molecule has 1 unspecified atom stereocenters. The minimum atomic E-state index is -5.44. The number of carbonyl (C=O) groups is 5. The number of aliphatic hydroxyl groups is 1. The minimum absolute atomic E-state index is 0.0301. The van der Waals surface area contributed by atoms with Crippen LogP contribution < -0.4 is 27.4 Å². The Morgan fingerprint density at radius 1 is 0.933 bits per heavy atom. The van der Waals surface area contributed by atoms with Crippen LogP contribution in [0.15, 0.2) is 66.7 Å². The predicted octanol–water partition coefficient (Wildman–Crippen LogP) is 4.05. The number of alkyl halides is 4. The van der Waals surface area contributed by atoms with Gasteiger partial charge in [0.25, 0.3) is 0 Å². The normalized spacial score (nSPS) is 18.4. The van der Waals surface area contributed by atoms with E-state index in [2.05, 4.69) is 26.0 Å². The average Bonchev–Trinajstić information content (AvgIpc) is 3.91. The van der Waals surface area contributed by atoms with Crippen molar-refractivity contribution in [2.45, 2.75) is 75.8 Å². The molecule has 4 aromatic rings. The number of nitrogens with zero attached hydrogens (tertiary/aromatic N) is 2. The van der Waals surface area contributed by atoms with Gasteiger partial charge in [0.15, 0.2) is 5.82 Å². The standard InChI is InChI=1S/C36H37F4N7O5.C5H9NO2/c1-19-16-25(29(42)48)12-15-27(19)22-6-2-20(3-7-22)17-28(44-31(49)24-8-4-21(18-41)5-9-24)32(50)43-26-13-10-23(11-14-26)30-45-33(47-46-30)35(37,38)36(39,40)34(51)52;7-3-4-1-2-5(8)6-4/h2-3,6-7,10-16,21,24,28H,4-5,8-9,17-18,41H2,1H3,(H2,42,48)(H,43,50)(H,44,49)(H,51,52)(H,45,46,47);4,7H,1-3H2,(H,6,8)/t21?,24?,28-;/m0./s1. The Morgan fingerprint density at radius 2 is 1.58 bits per heavy atom. The number of carboxylic acid groups (broad SMARTS) is 1. The number of aryl methyl sites for hydroxylation is 1. The zero-order valence-corrected chi connectivity index (χ0v) is 32.5. The lowest BCUT2D eigenvalue weighted by Gasteiger charge is -2.28. The summed E-state index contributed by atoms with van der Waals surface area (Å²) in [6.07, 6.45) is 4.42. The van der Waals surface area contributed by atoms with Crippen molar-refractivity contribution < 1.29 is 51.7 Å². The lowest BCUT2D eigenvalue weighted by molar-refractivity contribution is -0.231. The summed E-state index contributed by atoms with van der Waals surface area (Å²) in [5.74, 6) is -16.9. The van der Waals surface area contributed by atoms with E-state index >= 15 is 0 Å². The molecule has 2 atom stereocenters. The van der Waals surface area contributed by atoms with Crippen molar-refractivity contribution in [3.63, 3.8) is 0 Å². The highest BCUT2D eigenvalue weighted by Gasteiger charge is 2.65. The number of halogens is 4. The van der Waals surface area contributed by atoms with Crippen molar-refractivity contribution in [2.24, 2.45) is 23.3 Å². The Balaban J connectivity index is 0.000000763. The van der Waals surface area contributed by atoms with Crippen LogP contribution >= 0.6 is 0 Å². The first kappa shape index (κ1) is 44.9. The molecule has 1 saturated carbocycles. The van der Waals surface area contributed by atoms with Gasteiger partial charge in [-0.15, -0.1) is 0 Å². The van der Waals surface area contributed by atoms with Gasteiger partial charge in [0.2, 0.25) is 29.5 Å². The first-order valence-electron chi connectivity index (χ1n) is 19.2. The molecule has 15 nitrogen and oxygen atoms in total. The average molecular weight is 839 g/mol. The van der Waals surface area contributed by atoms with E-state index < -0.39 is 47.3 Å². The number of amides is 4. The Labute approximate surface area is 341 Å². The molecule has 3 aromatic carbocycles. The summed E-state index contributed by atoms with van der Waals surface area (Å²) in [6.45, 7) is 2.49. The number of benzene rings is 3. The van der Waals surface area contributed by atoms with Crippen LogP contribution in [0, 0.1) is 18.8 Å². The number of hydrogen-bond donors (Lipinski definition) is 8. The fraction of sp³-hybridized carbons (Fsp3) is 0.390. The number of anilines is 1. The van der Waals surface area contributed by atoms with E-state index in [1.165, 1.54) is 24.3 Å². The van der Waals surface area contributed by atoms with E-state index in [0.29, 0.717) is 37.3 Å². The first-order chi connectivity index (χ1) is 28.4. The number of aromatic nitrogens is 3. The van der Waals surface area contributed by atoms with E-state index in [-0.39, 0.29) is 48.1 Å². The van der Waals surface area contributed by atoms with Crippen LogP contribution in [0.25, 0.3) is 22.5 Å². The van der Waals surface area contributed by atoms with E-state index in [1.54, 1.807) is 23.3 Å². The number of rotatable bonds is 14. The molecule has 1 aliphatic carbocycles. The van der Waals surface area contributed by atoms with Crippen molar-refractivity contribution in [2.75, 3.05) is 18.5 Å². The van der Waals surface area contributed by atoms with Crippen LogP contribution in [-0.4, -0.2) is 86.2 Å². The van der Waals surface area contributed by atoms with Gasteiger partial charge in [0, 0.05) is 35.6 Å². The largest absolute Gasteiger partial charge is 0.477 e. The molecule has 4 amide bonds. The second-order valence-corrected chi connectivity index (χ2v) is 14.8. The second kappa shape index (κ2) is 19.2. The molecule has 0 bridgehead atoms. The topological polar surface area (TPSA) is 256 Å². The molecule has 10 N–H and O–H groups in total. The molecule has 1 saturated heterocycles. The molecule has 6 rings (SSSR count). The maximum Gasteiger partial charge on any atom is 0.411 e. The van der Waals surface area contributed by atoms with Gasteiger partial charge < -0.3 is 37.6 Å². The highest BCUT2D eigenvalue weighted by atomic mass is 19.3. The lowest BCUT2D eigenvalue weighted by Crippen LogP contribution is -2.48. The maximum absolute atomic E-state index is 14.2. The fourth-order valence-electron chi connectivity index (χ4n) is 6.92. The van der Waals surface area contributed by atoms with Crippen LogP contribution in [-0.2, 0) is 31.5 Å². The molecular weight excluding hydrogens is 792 g/mol. The third-order valence-electron chi connectivity index (χ3n) is 10.6. The summed E-state index contributed by atoms with van der Waals surface area (Å²) < 4.78 is 55.6. The molecule has 320 valence electrons. The number of nitrogens with two attached hydrogens (primary N) is 2. The minimum Gasteiger partial charge on any atom is -0.477 e. The van der Waals surface area contributed by atoms with E-state index in [0.717, 1.165) is 41.5 Å². The second-order valence-electron chi connectivity index (χ2n) is 14.8.